The van der Waals surface area contributed by atoms with Crippen LogP contribution in [-0.4, -0.2) is 44.3 Å². The van der Waals surface area contributed by atoms with E-state index in [-0.39, 0.29) is 35.4 Å². The van der Waals surface area contributed by atoms with Crippen LogP contribution in [0.2, 0.25) is 15.1 Å². The van der Waals surface area contributed by atoms with Gasteiger partial charge in [0.05, 0.1) is 10.6 Å². The molecule has 0 aliphatic carbocycles. The van der Waals surface area contributed by atoms with E-state index in [2.05, 4.69) is 5.32 Å². The maximum Gasteiger partial charge on any atom is 0.264 e. The molecule has 1 atom stereocenters. The summed E-state index contributed by atoms with van der Waals surface area (Å²) in [4.78, 5) is 29.0. The van der Waals surface area contributed by atoms with Crippen LogP contribution in [0, 0.1) is 19.8 Å². The van der Waals surface area contributed by atoms with Crippen molar-refractivity contribution in [2.45, 2.75) is 58.5 Å². The minimum atomic E-state index is -4.23. The Morgan fingerprint density at radius 2 is 1.55 bits per heavy atom. The van der Waals surface area contributed by atoms with Gasteiger partial charge < -0.3 is 10.2 Å². The lowest BCUT2D eigenvalue weighted by molar-refractivity contribution is -0.140. The Morgan fingerprint density at radius 3 is 2.12 bits per heavy atom. The van der Waals surface area contributed by atoms with Gasteiger partial charge in [-0.3, -0.25) is 13.9 Å². The second kappa shape index (κ2) is 14.6. The number of carbonyl (C=O) groups excluding carboxylic acids is 2. The molecule has 226 valence electrons. The summed E-state index contributed by atoms with van der Waals surface area (Å²) >= 11 is 19.2. The SMILES string of the molecule is CC[C@H](C(=O)NCC(C)C)N(Cc1c(Cl)cccc1Cl)C(=O)CN(c1cc(Cl)ccc1C)S(=O)(=O)c1ccc(C)cc1. The lowest BCUT2D eigenvalue weighted by atomic mass is 10.1. The van der Waals surface area contributed by atoms with E-state index in [4.69, 9.17) is 34.8 Å². The van der Waals surface area contributed by atoms with E-state index in [0.29, 0.717) is 32.7 Å². The average Bonchev–Trinajstić information content (AvgIpc) is 2.93. The molecule has 0 spiro atoms. The van der Waals surface area contributed by atoms with Gasteiger partial charge in [-0.15, -0.1) is 0 Å². The van der Waals surface area contributed by atoms with Crippen LogP contribution in [0.4, 0.5) is 5.69 Å². The van der Waals surface area contributed by atoms with E-state index in [9.17, 15) is 18.0 Å². The molecule has 0 aliphatic rings. The number of aryl methyl sites for hydroxylation is 2. The zero-order valence-corrected chi connectivity index (χ0v) is 27.4. The normalized spacial score (nSPS) is 12.2. The first-order chi connectivity index (χ1) is 19.8. The number of anilines is 1. The van der Waals surface area contributed by atoms with E-state index < -0.39 is 28.5 Å². The van der Waals surface area contributed by atoms with Crippen molar-refractivity contribution in [1.29, 1.82) is 0 Å². The van der Waals surface area contributed by atoms with Crippen LogP contribution in [0.25, 0.3) is 0 Å². The van der Waals surface area contributed by atoms with E-state index in [1.54, 1.807) is 56.3 Å². The molecule has 0 saturated heterocycles. The number of benzene rings is 3. The Labute approximate surface area is 263 Å². The molecule has 11 heteroatoms. The van der Waals surface area contributed by atoms with Gasteiger partial charge in [-0.2, -0.15) is 0 Å². The number of carbonyl (C=O) groups is 2. The molecule has 1 N–H and O–H groups in total. The molecule has 3 aromatic rings. The fourth-order valence-electron chi connectivity index (χ4n) is 4.40. The monoisotopic (exact) mass is 651 g/mol. The maximum atomic E-state index is 14.2. The summed E-state index contributed by atoms with van der Waals surface area (Å²) in [6.45, 7) is 9.04. The average molecular weight is 653 g/mol. The number of nitrogens with one attached hydrogen (secondary N) is 1. The molecule has 2 amide bonds. The number of nitrogens with zero attached hydrogens (tertiary/aromatic N) is 2. The predicted molar refractivity (Wildman–Crippen MR) is 171 cm³/mol. The third-order valence-electron chi connectivity index (χ3n) is 6.79. The lowest BCUT2D eigenvalue weighted by Gasteiger charge is -2.34. The summed E-state index contributed by atoms with van der Waals surface area (Å²) in [5, 5.41) is 3.86. The van der Waals surface area contributed by atoms with Gasteiger partial charge in [-0.1, -0.05) is 85.4 Å². The molecule has 0 saturated carbocycles. The number of hydrogen-bond acceptors (Lipinski definition) is 4. The minimum absolute atomic E-state index is 0.0164. The fraction of sp³-hybridized carbons (Fsp3) is 0.355. The second-order valence-electron chi connectivity index (χ2n) is 10.5. The first kappa shape index (κ1) is 33.7. The van der Waals surface area contributed by atoms with Crippen LogP contribution in [0.3, 0.4) is 0 Å². The molecule has 3 aromatic carbocycles. The highest BCUT2D eigenvalue weighted by Crippen LogP contribution is 2.31. The number of amides is 2. The second-order valence-corrected chi connectivity index (χ2v) is 13.7. The molecule has 3 rings (SSSR count). The topological polar surface area (TPSA) is 86.8 Å². The van der Waals surface area contributed by atoms with Crippen molar-refractivity contribution >= 4 is 62.3 Å². The van der Waals surface area contributed by atoms with Crippen molar-refractivity contribution < 1.29 is 18.0 Å². The molecule has 7 nitrogen and oxygen atoms in total. The van der Waals surface area contributed by atoms with E-state index in [0.717, 1.165) is 9.87 Å². The van der Waals surface area contributed by atoms with Crippen molar-refractivity contribution in [3.63, 3.8) is 0 Å². The lowest BCUT2D eigenvalue weighted by Crippen LogP contribution is -2.52. The van der Waals surface area contributed by atoms with Gasteiger partial charge in [-0.05, 0) is 68.1 Å². The maximum absolute atomic E-state index is 14.2. The highest BCUT2D eigenvalue weighted by molar-refractivity contribution is 7.92. The molecule has 0 aromatic heterocycles. The van der Waals surface area contributed by atoms with Crippen LogP contribution in [-0.2, 0) is 26.2 Å². The Kier molecular flexibility index (Phi) is 11.7. The first-order valence-electron chi connectivity index (χ1n) is 13.6. The highest BCUT2D eigenvalue weighted by Gasteiger charge is 2.35. The van der Waals surface area contributed by atoms with Gasteiger partial charge in [0, 0.05) is 33.7 Å². The summed E-state index contributed by atoms with van der Waals surface area (Å²) in [5.74, 6) is -0.767. The van der Waals surface area contributed by atoms with E-state index in [1.807, 2.05) is 20.8 Å². The molecular formula is C31H36Cl3N3O4S. The summed E-state index contributed by atoms with van der Waals surface area (Å²) in [6, 6.07) is 15.3. The number of rotatable bonds is 12. The van der Waals surface area contributed by atoms with E-state index in [1.165, 1.54) is 23.1 Å². The Balaban J connectivity index is 2.13. The molecule has 0 bridgehead atoms. The van der Waals surface area contributed by atoms with Gasteiger partial charge >= 0.3 is 0 Å². The zero-order chi connectivity index (χ0) is 31.2. The van der Waals surface area contributed by atoms with Crippen molar-refractivity contribution in [3.05, 3.63) is 92.4 Å². The quantitative estimate of drug-likeness (QED) is 0.227. The van der Waals surface area contributed by atoms with Gasteiger partial charge in [-0.25, -0.2) is 8.42 Å². The molecule has 0 unspecified atom stereocenters. The molecule has 0 fully saturated rings. The number of halogens is 3. The van der Waals surface area contributed by atoms with Crippen molar-refractivity contribution in [1.82, 2.24) is 10.2 Å². The Morgan fingerprint density at radius 1 is 0.929 bits per heavy atom. The first-order valence-corrected chi connectivity index (χ1v) is 16.2. The fourth-order valence-corrected chi connectivity index (χ4v) is 6.55. The molecule has 0 aliphatic heterocycles. The largest absolute Gasteiger partial charge is 0.354 e. The summed E-state index contributed by atoms with van der Waals surface area (Å²) in [7, 11) is -4.23. The summed E-state index contributed by atoms with van der Waals surface area (Å²) < 4.78 is 29.2. The van der Waals surface area contributed by atoms with Gasteiger partial charge in [0.2, 0.25) is 11.8 Å². The molecule has 0 heterocycles. The third-order valence-corrected chi connectivity index (χ3v) is 9.51. The van der Waals surface area contributed by atoms with Crippen LogP contribution in [0.1, 0.15) is 43.9 Å². The predicted octanol–water partition coefficient (Wildman–Crippen LogP) is 7.04. The third kappa shape index (κ3) is 8.19. The van der Waals surface area contributed by atoms with Crippen LogP contribution >= 0.6 is 34.8 Å². The number of sulfonamides is 1. The highest BCUT2D eigenvalue weighted by atomic mass is 35.5. The Bertz CT molecular complexity index is 1510. The Hall–Kier alpha value is -2.78. The zero-order valence-electron chi connectivity index (χ0n) is 24.3. The van der Waals surface area contributed by atoms with Gasteiger partial charge in [0.25, 0.3) is 10.0 Å². The van der Waals surface area contributed by atoms with Crippen LogP contribution in [0.5, 0.6) is 0 Å². The molecule has 0 radical (unpaired) electrons. The van der Waals surface area contributed by atoms with Gasteiger partial charge in [0.15, 0.2) is 0 Å². The van der Waals surface area contributed by atoms with Crippen LogP contribution in [0.15, 0.2) is 65.6 Å². The standard InChI is InChI=1S/C31H36Cl3N3O4S/c1-6-28(31(39)35-17-20(2)3)36(18-25-26(33)8-7-9-27(25)34)30(38)19-37(29-16-23(32)13-12-22(29)5)42(40,41)24-14-10-21(4)11-15-24/h7-16,20,28H,6,17-19H2,1-5H3,(H,35,39)/t28-/m1/s1. The van der Waals surface area contributed by atoms with Crippen LogP contribution < -0.4 is 9.62 Å². The van der Waals surface area contributed by atoms with E-state index >= 15 is 0 Å². The summed E-state index contributed by atoms with van der Waals surface area (Å²) in [6.07, 6.45) is 0.276. The van der Waals surface area contributed by atoms with Gasteiger partial charge in [0.1, 0.15) is 12.6 Å². The van der Waals surface area contributed by atoms with Crippen molar-refractivity contribution in [3.8, 4) is 0 Å². The molecule has 42 heavy (non-hydrogen) atoms. The molecular weight excluding hydrogens is 617 g/mol. The van der Waals surface area contributed by atoms with Crippen molar-refractivity contribution in [2.24, 2.45) is 5.92 Å². The summed E-state index contributed by atoms with van der Waals surface area (Å²) in [5.41, 5.74) is 2.20. The number of hydrogen-bond donors (Lipinski definition) is 1. The van der Waals surface area contributed by atoms with Crippen molar-refractivity contribution in [2.75, 3.05) is 17.4 Å². The minimum Gasteiger partial charge on any atom is -0.354 e. The smallest absolute Gasteiger partial charge is 0.264 e.